The average molecular weight is 445 g/mol. The normalized spacial score (nSPS) is 19.6. The summed E-state index contributed by atoms with van der Waals surface area (Å²) in [5.74, 6) is -1.33. The molecule has 1 amide bonds. The van der Waals surface area contributed by atoms with Crippen molar-refractivity contribution in [2.45, 2.75) is 28.7 Å². The number of carbonyl (C=O) groups excluding carboxylic acids is 2. The number of carbonyl (C=O) groups is 2. The molecule has 1 heterocycles. The first-order valence-electron chi connectivity index (χ1n) is 9.16. The van der Waals surface area contributed by atoms with Gasteiger partial charge in [-0.25, -0.2) is 13.2 Å². The van der Waals surface area contributed by atoms with Gasteiger partial charge in [0.05, 0.1) is 28.2 Å². The van der Waals surface area contributed by atoms with E-state index in [2.05, 4.69) is 11.4 Å². The first kappa shape index (κ1) is 21.9. The lowest BCUT2D eigenvalue weighted by molar-refractivity contribution is -0.125. The van der Waals surface area contributed by atoms with Crippen molar-refractivity contribution in [3.05, 3.63) is 59.7 Å². The van der Waals surface area contributed by atoms with E-state index in [-0.39, 0.29) is 17.1 Å². The highest BCUT2D eigenvalue weighted by atomic mass is 32.2. The maximum atomic E-state index is 12.6. The first-order chi connectivity index (χ1) is 14.2. The van der Waals surface area contributed by atoms with Gasteiger partial charge in [0.15, 0.2) is 16.4 Å². The van der Waals surface area contributed by atoms with Crippen LogP contribution in [0.1, 0.15) is 29.3 Å². The number of benzene rings is 2. The lowest BCUT2D eigenvalue weighted by Gasteiger charge is -2.23. The molecule has 2 aromatic carbocycles. The molecule has 1 aliphatic rings. The quantitative estimate of drug-likeness (QED) is 0.681. The van der Waals surface area contributed by atoms with Gasteiger partial charge >= 0.3 is 5.97 Å². The minimum absolute atomic E-state index is 0.0261. The zero-order valence-electron chi connectivity index (χ0n) is 16.3. The molecule has 7 nitrogen and oxygen atoms in total. The second kappa shape index (κ2) is 8.90. The Morgan fingerprint density at radius 1 is 1.17 bits per heavy atom. The predicted octanol–water partition coefficient (Wildman–Crippen LogP) is 2.56. The second-order valence-electron chi connectivity index (χ2n) is 7.23. The largest absolute Gasteiger partial charge is 0.452 e. The summed E-state index contributed by atoms with van der Waals surface area (Å²) in [5.41, 5.74) is -0.0839. The Bertz CT molecular complexity index is 1120. The number of hydrogen-bond donors (Lipinski definition) is 1. The van der Waals surface area contributed by atoms with E-state index >= 15 is 0 Å². The Morgan fingerprint density at radius 3 is 2.50 bits per heavy atom. The molecule has 1 saturated heterocycles. The van der Waals surface area contributed by atoms with Gasteiger partial charge in [-0.3, -0.25) is 4.79 Å². The highest BCUT2D eigenvalue weighted by molar-refractivity contribution is 7.99. The number of ether oxygens (including phenoxy) is 1. The molecule has 1 atom stereocenters. The van der Waals surface area contributed by atoms with Crippen LogP contribution in [-0.2, 0) is 19.4 Å². The molecule has 1 N–H and O–H groups in total. The van der Waals surface area contributed by atoms with Gasteiger partial charge < -0.3 is 10.1 Å². The van der Waals surface area contributed by atoms with Crippen LogP contribution in [0.3, 0.4) is 0 Å². The fourth-order valence-electron chi connectivity index (χ4n) is 3.18. The summed E-state index contributed by atoms with van der Waals surface area (Å²) in [6, 6.07) is 15.9. The van der Waals surface area contributed by atoms with Crippen molar-refractivity contribution in [1.29, 1.82) is 5.26 Å². The van der Waals surface area contributed by atoms with Crippen LogP contribution >= 0.6 is 11.8 Å². The van der Waals surface area contributed by atoms with Crippen LogP contribution in [0.5, 0.6) is 0 Å². The van der Waals surface area contributed by atoms with Gasteiger partial charge in [-0.05, 0) is 37.6 Å². The molecule has 9 heteroatoms. The number of esters is 1. The Morgan fingerprint density at radius 2 is 1.83 bits per heavy atom. The van der Waals surface area contributed by atoms with E-state index in [1.165, 1.54) is 11.8 Å². The minimum atomic E-state index is -3.16. The van der Waals surface area contributed by atoms with Gasteiger partial charge in [0, 0.05) is 9.79 Å². The zero-order valence-corrected chi connectivity index (χ0v) is 17.9. The highest BCUT2D eigenvalue weighted by Gasteiger charge is 2.39. The smallest absolute Gasteiger partial charge is 0.339 e. The summed E-state index contributed by atoms with van der Waals surface area (Å²) in [5, 5.41) is 11.9. The Labute approximate surface area is 179 Å². The molecule has 2 aromatic rings. The topological polar surface area (TPSA) is 113 Å². The molecule has 0 radical (unpaired) electrons. The molecular formula is C21H20N2O5S2. The van der Waals surface area contributed by atoms with E-state index in [0.717, 1.165) is 0 Å². The first-order valence-corrected chi connectivity index (χ1v) is 11.8. The van der Waals surface area contributed by atoms with E-state index < -0.39 is 33.9 Å². The van der Waals surface area contributed by atoms with Crippen molar-refractivity contribution in [3.63, 3.8) is 0 Å². The Hall–Kier alpha value is -2.83. The second-order valence-corrected chi connectivity index (χ2v) is 10.5. The molecular weight excluding hydrogens is 424 g/mol. The molecule has 0 aromatic heterocycles. The molecule has 1 fully saturated rings. The summed E-state index contributed by atoms with van der Waals surface area (Å²) in [4.78, 5) is 26.0. The molecule has 0 spiro atoms. The number of nitrogens with one attached hydrogen (secondary N) is 1. The molecule has 0 bridgehead atoms. The molecule has 30 heavy (non-hydrogen) atoms. The molecule has 1 aliphatic heterocycles. The highest BCUT2D eigenvalue weighted by Crippen LogP contribution is 2.32. The lowest BCUT2D eigenvalue weighted by Crippen LogP contribution is -2.48. The monoisotopic (exact) mass is 444 g/mol. The van der Waals surface area contributed by atoms with Crippen molar-refractivity contribution in [2.24, 2.45) is 0 Å². The third kappa shape index (κ3) is 5.40. The van der Waals surface area contributed by atoms with Crippen LogP contribution in [0.25, 0.3) is 0 Å². The summed E-state index contributed by atoms with van der Waals surface area (Å²) < 4.78 is 28.5. The van der Waals surface area contributed by atoms with Gasteiger partial charge in [-0.2, -0.15) is 5.26 Å². The van der Waals surface area contributed by atoms with Crippen molar-refractivity contribution < 1.29 is 22.7 Å². The van der Waals surface area contributed by atoms with Gasteiger partial charge in [0.2, 0.25) is 0 Å². The Kier molecular flexibility index (Phi) is 6.48. The Balaban J connectivity index is 1.65. The van der Waals surface area contributed by atoms with E-state index in [1.54, 1.807) is 55.5 Å². The van der Waals surface area contributed by atoms with Crippen molar-refractivity contribution >= 4 is 33.5 Å². The summed E-state index contributed by atoms with van der Waals surface area (Å²) >= 11 is 1.26. The third-order valence-electron chi connectivity index (χ3n) is 4.61. The third-order valence-corrected chi connectivity index (χ3v) is 7.67. The number of nitriles is 1. The van der Waals surface area contributed by atoms with E-state index in [9.17, 15) is 23.3 Å². The maximum absolute atomic E-state index is 12.6. The van der Waals surface area contributed by atoms with Crippen LogP contribution in [0, 0.1) is 11.3 Å². The molecule has 0 saturated carbocycles. The zero-order chi connectivity index (χ0) is 21.8. The van der Waals surface area contributed by atoms with Crippen molar-refractivity contribution in [3.8, 4) is 6.07 Å². The minimum Gasteiger partial charge on any atom is -0.452 e. The van der Waals surface area contributed by atoms with E-state index in [4.69, 9.17) is 4.74 Å². The van der Waals surface area contributed by atoms with Crippen LogP contribution in [-0.4, -0.2) is 43.9 Å². The lowest BCUT2D eigenvalue weighted by atomic mass is 10.0. The SMILES string of the molecule is CC1(NC(=O)COC(=O)c2ccccc2Sc2ccccc2C#N)CCS(=O)(=O)C1. The van der Waals surface area contributed by atoms with Crippen molar-refractivity contribution in [2.75, 3.05) is 18.1 Å². The number of hydrogen-bond acceptors (Lipinski definition) is 7. The maximum Gasteiger partial charge on any atom is 0.339 e. The van der Waals surface area contributed by atoms with E-state index in [0.29, 0.717) is 21.8 Å². The predicted molar refractivity (Wildman–Crippen MR) is 112 cm³/mol. The number of nitrogens with zero attached hydrogens (tertiary/aromatic N) is 1. The molecule has 1 unspecified atom stereocenters. The van der Waals surface area contributed by atoms with Gasteiger partial charge in [-0.1, -0.05) is 36.0 Å². The fraction of sp³-hybridized carbons (Fsp3) is 0.286. The summed E-state index contributed by atoms with van der Waals surface area (Å²) in [6.07, 6.45) is 0.326. The molecule has 0 aliphatic carbocycles. The number of sulfone groups is 1. The standard InChI is InChI=1S/C21H20N2O5S2/c1-21(10-11-30(26,27)14-21)23-19(24)13-28-20(25)16-7-3-5-9-18(16)29-17-8-4-2-6-15(17)12-22/h2-9H,10-11,13-14H2,1H3,(H,23,24). The van der Waals surface area contributed by atoms with Crippen molar-refractivity contribution in [1.82, 2.24) is 5.32 Å². The van der Waals surface area contributed by atoms with Gasteiger partial charge in [-0.15, -0.1) is 0 Å². The number of rotatable bonds is 6. The summed E-state index contributed by atoms with van der Waals surface area (Å²) in [6.45, 7) is 1.15. The molecule has 3 rings (SSSR count). The molecule has 156 valence electrons. The van der Waals surface area contributed by atoms with Crippen LogP contribution in [0.15, 0.2) is 58.3 Å². The van der Waals surface area contributed by atoms with E-state index in [1.807, 2.05) is 0 Å². The average Bonchev–Trinajstić information content (AvgIpc) is 2.99. The van der Waals surface area contributed by atoms with Gasteiger partial charge in [0.25, 0.3) is 5.91 Å². The summed E-state index contributed by atoms with van der Waals surface area (Å²) in [7, 11) is -3.16. The van der Waals surface area contributed by atoms with Crippen LogP contribution < -0.4 is 5.32 Å². The van der Waals surface area contributed by atoms with Crippen LogP contribution in [0.4, 0.5) is 0 Å². The number of amides is 1. The van der Waals surface area contributed by atoms with Gasteiger partial charge in [0.1, 0.15) is 6.07 Å². The fourth-order valence-corrected chi connectivity index (χ4v) is 6.29. The van der Waals surface area contributed by atoms with Crippen LogP contribution in [0.2, 0.25) is 0 Å².